The van der Waals surface area contributed by atoms with Crippen molar-refractivity contribution < 1.29 is 14.4 Å². The average molecular weight is 383 g/mol. The topological polar surface area (TPSA) is 75.7 Å². The Kier molecular flexibility index (Phi) is 8.84. The first-order valence-corrected chi connectivity index (χ1v) is 9.22. The third-order valence-corrected chi connectivity index (χ3v) is 4.08. The molecule has 7 nitrogen and oxygen atoms in total. The molecule has 0 saturated carbocycles. The molecule has 1 aromatic rings. The minimum absolute atomic E-state index is 0.360. The molecule has 26 heavy (non-hydrogen) atoms. The second-order valence-electron chi connectivity index (χ2n) is 6.40. The van der Waals surface area contributed by atoms with E-state index in [4.69, 9.17) is 21.2 Å². The Labute approximate surface area is 159 Å². The lowest BCUT2D eigenvalue weighted by Crippen LogP contribution is -2.32. The fraction of sp³-hybridized carbons (Fsp3) is 0.556. The second-order valence-corrected chi connectivity index (χ2v) is 6.80. The van der Waals surface area contributed by atoms with Crippen molar-refractivity contribution in [1.82, 2.24) is 15.4 Å². The maximum Gasteiger partial charge on any atom is 0.267 e. The van der Waals surface area contributed by atoms with E-state index in [0.717, 1.165) is 44.3 Å². The highest BCUT2D eigenvalue weighted by Gasteiger charge is 2.14. The van der Waals surface area contributed by atoms with E-state index < -0.39 is 0 Å². The summed E-state index contributed by atoms with van der Waals surface area (Å²) < 4.78 is 5.38. The number of aromatic nitrogens is 1. The van der Waals surface area contributed by atoms with Crippen LogP contribution in [0.5, 0.6) is 0 Å². The quantitative estimate of drug-likeness (QED) is 0.388. The van der Waals surface area contributed by atoms with Gasteiger partial charge in [0.25, 0.3) is 5.91 Å². The molecule has 1 aliphatic rings. The number of amides is 1. The van der Waals surface area contributed by atoms with Crippen molar-refractivity contribution >= 4 is 29.4 Å². The lowest BCUT2D eigenvalue weighted by Gasteiger charge is -2.21. The largest absolute Gasteiger partial charge is 0.369 e. The molecule has 0 bridgehead atoms. The van der Waals surface area contributed by atoms with Gasteiger partial charge in [-0.05, 0) is 57.6 Å². The number of carbonyl (C=O) groups excluding carboxylic acids is 1. The van der Waals surface area contributed by atoms with Gasteiger partial charge in [-0.3, -0.25) is 4.79 Å². The number of nitrogens with zero attached hydrogens (tertiary/aromatic N) is 2. The van der Waals surface area contributed by atoms with Gasteiger partial charge in [0, 0.05) is 31.8 Å². The summed E-state index contributed by atoms with van der Waals surface area (Å²) >= 11 is 6.24. The van der Waals surface area contributed by atoms with Crippen LogP contribution < -0.4 is 10.8 Å². The number of carbonyl (C=O) groups is 1. The Morgan fingerprint density at radius 1 is 1.50 bits per heavy atom. The van der Waals surface area contributed by atoms with Crippen molar-refractivity contribution in [3.05, 3.63) is 28.9 Å². The first-order chi connectivity index (χ1) is 12.5. The molecule has 0 aromatic carbocycles. The number of anilines is 1. The van der Waals surface area contributed by atoms with Gasteiger partial charge in [0.2, 0.25) is 0 Å². The lowest BCUT2D eigenvalue weighted by molar-refractivity contribution is -0.198. The fourth-order valence-electron chi connectivity index (χ4n) is 2.41. The highest BCUT2D eigenvalue weighted by Crippen LogP contribution is 2.20. The van der Waals surface area contributed by atoms with Crippen LogP contribution in [0.3, 0.4) is 0 Å². The van der Waals surface area contributed by atoms with Crippen LogP contribution in [0.1, 0.15) is 31.2 Å². The van der Waals surface area contributed by atoms with Crippen LogP contribution in [0.2, 0.25) is 5.02 Å². The number of hydrogen-bond acceptors (Lipinski definition) is 6. The normalized spacial score (nSPS) is 17.6. The molecule has 2 N–H and O–H groups in total. The molecule has 1 amide bonds. The minimum Gasteiger partial charge on any atom is -0.369 e. The predicted molar refractivity (Wildman–Crippen MR) is 103 cm³/mol. The monoisotopic (exact) mass is 382 g/mol. The molecule has 1 saturated heterocycles. The van der Waals surface area contributed by atoms with Crippen LogP contribution in [0.4, 0.5) is 5.82 Å². The molecule has 0 aliphatic carbocycles. The van der Waals surface area contributed by atoms with E-state index in [1.54, 1.807) is 18.3 Å². The van der Waals surface area contributed by atoms with Gasteiger partial charge in [-0.2, -0.15) is 0 Å². The number of halogens is 1. The number of nitrogens with one attached hydrogen (secondary N) is 2. The first kappa shape index (κ1) is 20.6. The minimum atomic E-state index is -0.366. The molecule has 2 heterocycles. The summed E-state index contributed by atoms with van der Waals surface area (Å²) in [6.07, 6.45) is 8.15. The molecule has 1 unspecified atom stereocenters. The zero-order valence-electron chi connectivity index (χ0n) is 15.3. The van der Waals surface area contributed by atoms with E-state index in [1.165, 1.54) is 6.08 Å². The van der Waals surface area contributed by atoms with Crippen molar-refractivity contribution in [3.63, 3.8) is 0 Å². The van der Waals surface area contributed by atoms with Crippen LogP contribution in [-0.2, 0) is 14.4 Å². The van der Waals surface area contributed by atoms with E-state index in [-0.39, 0.29) is 12.2 Å². The Balaban J connectivity index is 1.76. The summed E-state index contributed by atoms with van der Waals surface area (Å²) in [5, 5.41) is 3.73. The van der Waals surface area contributed by atoms with Gasteiger partial charge < -0.3 is 15.0 Å². The predicted octanol–water partition coefficient (Wildman–Crippen LogP) is 2.69. The number of hydroxylamine groups is 1. The smallest absolute Gasteiger partial charge is 0.267 e. The van der Waals surface area contributed by atoms with Gasteiger partial charge in [0.1, 0.15) is 5.82 Å². The van der Waals surface area contributed by atoms with Crippen molar-refractivity contribution in [2.75, 3.05) is 39.1 Å². The van der Waals surface area contributed by atoms with Gasteiger partial charge in [0.05, 0.1) is 5.02 Å². The summed E-state index contributed by atoms with van der Waals surface area (Å²) in [5.41, 5.74) is 3.11. The molecule has 144 valence electrons. The Hall–Kier alpha value is -1.67. The zero-order chi connectivity index (χ0) is 18.8. The molecule has 0 spiro atoms. The lowest BCUT2D eigenvalue weighted by atomic mass is 10.2. The van der Waals surface area contributed by atoms with E-state index in [0.29, 0.717) is 17.4 Å². The zero-order valence-corrected chi connectivity index (χ0v) is 16.1. The van der Waals surface area contributed by atoms with Gasteiger partial charge in [-0.15, -0.1) is 0 Å². The van der Waals surface area contributed by atoms with Crippen LogP contribution in [0.25, 0.3) is 6.08 Å². The van der Waals surface area contributed by atoms with Gasteiger partial charge in [-0.1, -0.05) is 11.6 Å². The molecular weight excluding hydrogens is 356 g/mol. The Morgan fingerprint density at radius 3 is 3.04 bits per heavy atom. The van der Waals surface area contributed by atoms with Crippen LogP contribution in [0, 0.1) is 0 Å². The highest BCUT2D eigenvalue weighted by atomic mass is 35.5. The van der Waals surface area contributed by atoms with Gasteiger partial charge in [-0.25, -0.2) is 15.3 Å². The standard InChI is InChI=1S/C18H27ClN4O3/c1-23(2)10-5-9-20-18-15(19)12-14(13-21-18)7-8-16(24)22-26-17-6-3-4-11-25-17/h7-8,12-13,17H,3-6,9-11H2,1-2H3,(H,20,21)(H,22,24). The molecule has 1 atom stereocenters. The second kappa shape index (κ2) is 11.1. The first-order valence-electron chi connectivity index (χ1n) is 8.84. The van der Waals surface area contributed by atoms with Crippen molar-refractivity contribution in [3.8, 4) is 0 Å². The third kappa shape index (κ3) is 7.70. The SMILES string of the molecule is CN(C)CCCNc1ncc(C=CC(=O)NOC2CCCCO2)cc1Cl. The Morgan fingerprint density at radius 2 is 2.35 bits per heavy atom. The van der Waals surface area contributed by atoms with E-state index in [9.17, 15) is 4.79 Å². The fourth-order valence-corrected chi connectivity index (χ4v) is 2.65. The highest BCUT2D eigenvalue weighted by molar-refractivity contribution is 6.33. The average Bonchev–Trinajstić information content (AvgIpc) is 2.63. The summed E-state index contributed by atoms with van der Waals surface area (Å²) in [6.45, 7) is 2.45. The molecule has 0 radical (unpaired) electrons. The molecule has 8 heteroatoms. The maximum atomic E-state index is 11.8. The van der Waals surface area contributed by atoms with E-state index in [1.807, 2.05) is 14.1 Å². The van der Waals surface area contributed by atoms with E-state index in [2.05, 4.69) is 20.7 Å². The van der Waals surface area contributed by atoms with Crippen LogP contribution in [-0.4, -0.2) is 55.9 Å². The van der Waals surface area contributed by atoms with Crippen LogP contribution in [0.15, 0.2) is 18.3 Å². The maximum absolute atomic E-state index is 11.8. The third-order valence-electron chi connectivity index (χ3n) is 3.79. The number of rotatable bonds is 9. The van der Waals surface area contributed by atoms with Crippen molar-refractivity contribution in [1.29, 1.82) is 0 Å². The summed E-state index contributed by atoms with van der Waals surface area (Å²) in [6, 6.07) is 1.76. The molecule has 1 aliphatic heterocycles. The summed E-state index contributed by atoms with van der Waals surface area (Å²) in [4.78, 5) is 23.4. The number of ether oxygens (including phenoxy) is 1. The molecule has 2 rings (SSSR count). The molecule has 1 fully saturated rings. The Bertz CT molecular complexity index is 604. The van der Waals surface area contributed by atoms with Gasteiger partial charge >= 0.3 is 0 Å². The molecular formula is C18H27ClN4O3. The van der Waals surface area contributed by atoms with E-state index >= 15 is 0 Å². The molecule has 1 aromatic heterocycles. The van der Waals surface area contributed by atoms with Crippen molar-refractivity contribution in [2.24, 2.45) is 0 Å². The number of pyridine rings is 1. The van der Waals surface area contributed by atoms with Crippen LogP contribution >= 0.6 is 11.6 Å². The number of hydrogen-bond donors (Lipinski definition) is 2. The van der Waals surface area contributed by atoms with Crippen molar-refractivity contribution in [2.45, 2.75) is 32.0 Å². The van der Waals surface area contributed by atoms with Gasteiger partial charge in [0.15, 0.2) is 6.29 Å². The summed E-state index contributed by atoms with van der Waals surface area (Å²) in [7, 11) is 4.07. The summed E-state index contributed by atoms with van der Waals surface area (Å²) in [5.74, 6) is 0.283.